The molecular formula is C12H13NO2. The minimum atomic E-state index is -0.922. The van der Waals surface area contributed by atoms with Gasteiger partial charge in [0, 0.05) is 18.5 Å². The fraction of sp³-hybridized carbons (Fsp3) is 0.250. The zero-order valence-corrected chi connectivity index (χ0v) is 8.58. The van der Waals surface area contributed by atoms with Crippen molar-refractivity contribution in [3.8, 4) is 11.8 Å². The molecule has 0 bridgehead atoms. The van der Waals surface area contributed by atoms with Gasteiger partial charge in [-0.3, -0.25) is 0 Å². The molecular weight excluding hydrogens is 190 g/mol. The second-order valence-electron chi connectivity index (χ2n) is 3.04. The van der Waals surface area contributed by atoms with Gasteiger partial charge in [0.05, 0.1) is 5.56 Å². The maximum atomic E-state index is 10.7. The average Bonchev–Trinajstić information content (AvgIpc) is 2.25. The summed E-state index contributed by atoms with van der Waals surface area (Å²) < 4.78 is 0. The van der Waals surface area contributed by atoms with Crippen LogP contribution in [0.15, 0.2) is 24.3 Å². The average molecular weight is 203 g/mol. The van der Waals surface area contributed by atoms with E-state index < -0.39 is 5.97 Å². The van der Waals surface area contributed by atoms with E-state index in [2.05, 4.69) is 17.2 Å². The molecule has 0 unspecified atom stereocenters. The summed E-state index contributed by atoms with van der Waals surface area (Å²) in [6, 6.07) is 6.64. The van der Waals surface area contributed by atoms with Crippen LogP contribution in [0.1, 0.15) is 22.3 Å². The van der Waals surface area contributed by atoms with E-state index in [0.29, 0.717) is 0 Å². The maximum Gasteiger partial charge on any atom is 0.335 e. The molecule has 0 aliphatic rings. The Morgan fingerprint density at radius 1 is 1.53 bits per heavy atom. The maximum absolute atomic E-state index is 10.7. The van der Waals surface area contributed by atoms with E-state index in [4.69, 9.17) is 5.11 Å². The molecule has 0 aliphatic carbocycles. The lowest BCUT2D eigenvalue weighted by atomic mass is 10.1. The molecule has 15 heavy (non-hydrogen) atoms. The fourth-order valence-electron chi connectivity index (χ4n) is 1.08. The lowest BCUT2D eigenvalue weighted by Crippen LogP contribution is -2.05. The van der Waals surface area contributed by atoms with Gasteiger partial charge in [-0.05, 0) is 25.2 Å². The number of aromatic carboxylic acids is 1. The predicted molar refractivity (Wildman–Crippen MR) is 58.8 cm³/mol. The summed E-state index contributed by atoms with van der Waals surface area (Å²) in [4.78, 5) is 10.7. The zero-order valence-electron chi connectivity index (χ0n) is 8.58. The lowest BCUT2D eigenvalue weighted by Gasteiger charge is -1.94. The molecule has 78 valence electrons. The van der Waals surface area contributed by atoms with E-state index in [1.54, 1.807) is 24.3 Å². The quantitative estimate of drug-likeness (QED) is 0.576. The van der Waals surface area contributed by atoms with Gasteiger partial charge in [-0.15, -0.1) is 0 Å². The molecule has 0 amide bonds. The number of benzene rings is 1. The molecule has 0 heterocycles. The Kier molecular flexibility index (Phi) is 4.39. The van der Waals surface area contributed by atoms with Crippen molar-refractivity contribution in [2.24, 2.45) is 0 Å². The van der Waals surface area contributed by atoms with Crippen molar-refractivity contribution in [1.82, 2.24) is 5.32 Å². The van der Waals surface area contributed by atoms with Gasteiger partial charge >= 0.3 is 5.97 Å². The van der Waals surface area contributed by atoms with Gasteiger partial charge < -0.3 is 10.4 Å². The van der Waals surface area contributed by atoms with Gasteiger partial charge in [0.1, 0.15) is 0 Å². The summed E-state index contributed by atoms with van der Waals surface area (Å²) in [7, 11) is 1.87. The van der Waals surface area contributed by atoms with Crippen molar-refractivity contribution in [2.75, 3.05) is 13.6 Å². The molecule has 2 N–H and O–H groups in total. The first kappa shape index (κ1) is 11.3. The smallest absolute Gasteiger partial charge is 0.335 e. The van der Waals surface area contributed by atoms with E-state index in [9.17, 15) is 4.79 Å². The van der Waals surface area contributed by atoms with Crippen molar-refractivity contribution in [2.45, 2.75) is 6.42 Å². The Balaban J connectivity index is 2.72. The van der Waals surface area contributed by atoms with Crippen LogP contribution in [0.3, 0.4) is 0 Å². The molecule has 0 aliphatic heterocycles. The summed E-state index contributed by atoms with van der Waals surface area (Å²) in [6.45, 7) is 0.839. The second-order valence-corrected chi connectivity index (χ2v) is 3.04. The molecule has 0 radical (unpaired) electrons. The van der Waals surface area contributed by atoms with E-state index in [1.165, 1.54) is 0 Å². The molecule has 3 heteroatoms. The molecule has 0 fully saturated rings. The Bertz CT molecular complexity index is 402. The first-order valence-electron chi connectivity index (χ1n) is 4.71. The minimum absolute atomic E-state index is 0.274. The van der Waals surface area contributed by atoms with Crippen LogP contribution in [-0.4, -0.2) is 24.7 Å². The highest BCUT2D eigenvalue weighted by Crippen LogP contribution is 2.03. The van der Waals surface area contributed by atoms with E-state index in [1.807, 2.05) is 7.05 Å². The van der Waals surface area contributed by atoms with Crippen LogP contribution < -0.4 is 5.32 Å². The first-order chi connectivity index (χ1) is 7.24. The van der Waals surface area contributed by atoms with E-state index >= 15 is 0 Å². The first-order valence-corrected chi connectivity index (χ1v) is 4.71. The summed E-state index contributed by atoms with van der Waals surface area (Å²) in [5.41, 5.74) is 1.02. The number of hydrogen-bond acceptors (Lipinski definition) is 2. The van der Waals surface area contributed by atoms with Gasteiger partial charge in [-0.25, -0.2) is 4.79 Å². The number of carboxylic acid groups (broad SMARTS) is 1. The van der Waals surface area contributed by atoms with Crippen LogP contribution in [0.5, 0.6) is 0 Å². The third-order valence-corrected chi connectivity index (χ3v) is 1.84. The van der Waals surface area contributed by atoms with Gasteiger partial charge in [-0.1, -0.05) is 17.9 Å². The van der Waals surface area contributed by atoms with Gasteiger partial charge in [0.15, 0.2) is 0 Å². The van der Waals surface area contributed by atoms with Gasteiger partial charge in [0.25, 0.3) is 0 Å². The number of carboxylic acids is 1. The zero-order chi connectivity index (χ0) is 11.1. The largest absolute Gasteiger partial charge is 0.478 e. The Morgan fingerprint density at radius 3 is 3.00 bits per heavy atom. The van der Waals surface area contributed by atoms with Crippen molar-refractivity contribution in [1.29, 1.82) is 0 Å². The van der Waals surface area contributed by atoms with Crippen molar-refractivity contribution in [3.63, 3.8) is 0 Å². The van der Waals surface area contributed by atoms with Crippen LogP contribution >= 0.6 is 0 Å². The van der Waals surface area contributed by atoms with Crippen LogP contribution in [-0.2, 0) is 0 Å². The molecule has 0 saturated carbocycles. The highest BCUT2D eigenvalue weighted by Gasteiger charge is 2.00. The third kappa shape index (κ3) is 3.84. The number of rotatable bonds is 3. The van der Waals surface area contributed by atoms with Crippen molar-refractivity contribution < 1.29 is 9.90 Å². The van der Waals surface area contributed by atoms with E-state index in [-0.39, 0.29) is 5.56 Å². The van der Waals surface area contributed by atoms with E-state index in [0.717, 1.165) is 18.5 Å². The van der Waals surface area contributed by atoms with Gasteiger partial charge in [0.2, 0.25) is 0 Å². The highest BCUT2D eigenvalue weighted by molar-refractivity contribution is 5.87. The molecule has 0 spiro atoms. The molecule has 1 aromatic carbocycles. The number of nitrogens with one attached hydrogen (secondary N) is 1. The normalized spacial score (nSPS) is 9.13. The Labute approximate surface area is 89.1 Å². The second kappa shape index (κ2) is 5.84. The predicted octanol–water partition coefficient (Wildman–Crippen LogP) is 1.35. The third-order valence-electron chi connectivity index (χ3n) is 1.84. The highest BCUT2D eigenvalue weighted by atomic mass is 16.4. The molecule has 0 atom stereocenters. The Hall–Kier alpha value is -1.79. The topological polar surface area (TPSA) is 49.3 Å². The minimum Gasteiger partial charge on any atom is -0.478 e. The van der Waals surface area contributed by atoms with Crippen LogP contribution in [0.2, 0.25) is 0 Å². The molecule has 0 aromatic heterocycles. The molecule has 3 nitrogen and oxygen atoms in total. The fourth-order valence-corrected chi connectivity index (χ4v) is 1.08. The summed E-state index contributed by atoms with van der Waals surface area (Å²) in [6.07, 6.45) is 0.758. The van der Waals surface area contributed by atoms with Crippen molar-refractivity contribution >= 4 is 5.97 Å². The standard InChI is InChI=1S/C12H13NO2/c1-13-8-3-2-5-10-6-4-7-11(9-10)12(14)15/h4,6-7,9,13H,3,8H2,1H3,(H,14,15). The summed E-state index contributed by atoms with van der Waals surface area (Å²) in [5, 5.41) is 11.7. The van der Waals surface area contributed by atoms with Gasteiger partial charge in [-0.2, -0.15) is 0 Å². The molecule has 1 aromatic rings. The SMILES string of the molecule is CNCCC#Cc1cccc(C(=O)O)c1. The summed E-state index contributed by atoms with van der Waals surface area (Å²) in [5.74, 6) is 4.96. The number of hydrogen-bond donors (Lipinski definition) is 2. The van der Waals surface area contributed by atoms with Crippen LogP contribution in [0, 0.1) is 11.8 Å². The number of carbonyl (C=O) groups is 1. The van der Waals surface area contributed by atoms with Crippen LogP contribution in [0.25, 0.3) is 0 Å². The molecule has 1 rings (SSSR count). The van der Waals surface area contributed by atoms with Crippen LogP contribution in [0.4, 0.5) is 0 Å². The lowest BCUT2D eigenvalue weighted by molar-refractivity contribution is 0.0697. The summed E-state index contributed by atoms with van der Waals surface area (Å²) >= 11 is 0. The molecule has 0 saturated heterocycles. The monoisotopic (exact) mass is 203 g/mol. The van der Waals surface area contributed by atoms with Crippen molar-refractivity contribution in [3.05, 3.63) is 35.4 Å². The Morgan fingerprint density at radius 2 is 2.33 bits per heavy atom.